The predicted molar refractivity (Wildman–Crippen MR) is 90.8 cm³/mol. The van der Waals surface area contributed by atoms with Crippen LogP contribution in [0, 0.1) is 27.7 Å². The third-order valence-corrected chi connectivity index (χ3v) is 3.95. The molecule has 0 aliphatic carbocycles. The predicted octanol–water partition coefficient (Wildman–Crippen LogP) is 4.46. The number of fused-ring (bicyclic) bond motifs is 1. The number of benzene rings is 1. The van der Waals surface area contributed by atoms with Crippen LogP contribution in [0.15, 0.2) is 12.1 Å². The molecular formula is C18H30N2. The molecule has 0 radical (unpaired) electrons. The molecule has 2 heteroatoms. The van der Waals surface area contributed by atoms with E-state index in [9.17, 15) is 0 Å². The molecular weight excluding hydrogens is 244 g/mol. The lowest BCUT2D eigenvalue weighted by molar-refractivity contribution is 0.385. The Kier molecular flexibility index (Phi) is 5.82. The Labute approximate surface area is 124 Å². The first kappa shape index (κ1) is 16.8. The van der Waals surface area contributed by atoms with E-state index < -0.39 is 0 Å². The van der Waals surface area contributed by atoms with Crippen molar-refractivity contribution in [3.63, 3.8) is 0 Å². The molecule has 112 valence electrons. The molecule has 0 unspecified atom stereocenters. The molecule has 0 saturated heterocycles. The molecule has 1 aromatic carbocycles. The van der Waals surface area contributed by atoms with Crippen molar-refractivity contribution in [1.29, 1.82) is 0 Å². The van der Waals surface area contributed by atoms with Gasteiger partial charge in [0.2, 0.25) is 0 Å². The number of aromatic nitrogens is 1. The molecule has 2 nitrogen and oxygen atoms in total. The number of hydrogen-bond donors (Lipinski definition) is 0. The van der Waals surface area contributed by atoms with Gasteiger partial charge in [0.15, 0.2) is 0 Å². The summed E-state index contributed by atoms with van der Waals surface area (Å²) < 4.78 is 2.48. The average molecular weight is 274 g/mol. The maximum Gasteiger partial charge on any atom is 0.0518 e. The summed E-state index contributed by atoms with van der Waals surface area (Å²) in [6, 6.07) is 4.48. The largest absolute Gasteiger partial charge is 0.343 e. The molecule has 1 aromatic heterocycles. The number of rotatable bonds is 3. The fraction of sp³-hybridized carbons (Fsp3) is 0.556. The summed E-state index contributed by atoms with van der Waals surface area (Å²) in [5.41, 5.74) is 7.03. The first-order valence-electron chi connectivity index (χ1n) is 7.63. The molecule has 0 bridgehead atoms. The van der Waals surface area contributed by atoms with Crippen LogP contribution in [0.25, 0.3) is 10.9 Å². The van der Waals surface area contributed by atoms with E-state index >= 15 is 0 Å². The summed E-state index contributed by atoms with van der Waals surface area (Å²) in [5, 5.41) is 1.45. The van der Waals surface area contributed by atoms with Crippen molar-refractivity contribution in [2.24, 2.45) is 0 Å². The van der Waals surface area contributed by atoms with Crippen LogP contribution in [0.2, 0.25) is 0 Å². The molecule has 0 amide bonds. The lowest BCUT2D eigenvalue weighted by Gasteiger charge is -2.14. The van der Waals surface area contributed by atoms with Gasteiger partial charge in [-0.05, 0) is 58.5 Å². The smallest absolute Gasteiger partial charge is 0.0518 e. The Morgan fingerprint density at radius 1 is 0.950 bits per heavy atom. The monoisotopic (exact) mass is 274 g/mol. The number of likely N-dealkylation sites (N-methyl/N-ethyl adjacent to an activating group) is 1. The van der Waals surface area contributed by atoms with Gasteiger partial charge < -0.3 is 9.47 Å². The third kappa shape index (κ3) is 3.06. The molecule has 1 heterocycles. The van der Waals surface area contributed by atoms with Crippen molar-refractivity contribution in [2.45, 2.75) is 48.1 Å². The summed E-state index contributed by atoms with van der Waals surface area (Å²) in [6.07, 6.45) is 0. The third-order valence-electron chi connectivity index (χ3n) is 3.95. The Balaban J connectivity index is 0.000000956. The van der Waals surface area contributed by atoms with E-state index in [2.05, 4.69) is 63.4 Å². The van der Waals surface area contributed by atoms with E-state index in [1.807, 2.05) is 13.8 Å². The van der Waals surface area contributed by atoms with Crippen LogP contribution in [-0.4, -0.2) is 30.1 Å². The second-order valence-electron chi connectivity index (χ2n) is 5.59. The van der Waals surface area contributed by atoms with Crippen LogP contribution in [0.3, 0.4) is 0 Å². The Morgan fingerprint density at radius 3 is 2.05 bits per heavy atom. The highest BCUT2D eigenvalue weighted by Crippen LogP contribution is 2.30. The van der Waals surface area contributed by atoms with Gasteiger partial charge in [0.1, 0.15) is 0 Å². The average Bonchev–Trinajstić information content (AvgIpc) is 2.68. The van der Waals surface area contributed by atoms with Gasteiger partial charge in [-0.25, -0.2) is 0 Å². The van der Waals surface area contributed by atoms with Crippen molar-refractivity contribution in [2.75, 3.05) is 20.6 Å². The van der Waals surface area contributed by atoms with Crippen LogP contribution in [-0.2, 0) is 6.54 Å². The lowest BCUT2D eigenvalue weighted by atomic mass is 10.0. The van der Waals surface area contributed by atoms with Crippen LogP contribution in [0.5, 0.6) is 0 Å². The van der Waals surface area contributed by atoms with Gasteiger partial charge in [0.25, 0.3) is 0 Å². The summed E-state index contributed by atoms with van der Waals surface area (Å²) in [6.45, 7) is 15.1. The molecule has 2 aromatic rings. The second-order valence-corrected chi connectivity index (χ2v) is 5.59. The molecule has 0 atom stereocenters. The van der Waals surface area contributed by atoms with Crippen molar-refractivity contribution in [3.8, 4) is 0 Å². The molecule has 0 fully saturated rings. The SMILES string of the molecule is CC.Cc1ccc(C)c2c1c(C)c(C)n2CCN(C)C. The van der Waals surface area contributed by atoms with E-state index in [4.69, 9.17) is 0 Å². The molecule has 0 aliphatic heterocycles. The number of hydrogen-bond acceptors (Lipinski definition) is 1. The molecule has 0 spiro atoms. The fourth-order valence-electron chi connectivity index (χ4n) is 2.75. The molecule has 2 rings (SSSR count). The van der Waals surface area contributed by atoms with E-state index in [0.717, 1.165) is 13.1 Å². The second kappa shape index (κ2) is 6.94. The number of nitrogens with zero attached hydrogens (tertiary/aromatic N) is 2. The van der Waals surface area contributed by atoms with Crippen LogP contribution < -0.4 is 0 Å². The van der Waals surface area contributed by atoms with Gasteiger partial charge in [-0.3, -0.25) is 0 Å². The van der Waals surface area contributed by atoms with E-state index in [1.54, 1.807) is 0 Å². The minimum absolute atomic E-state index is 1.06. The topological polar surface area (TPSA) is 8.17 Å². The number of aryl methyl sites for hydroxylation is 3. The van der Waals surface area contributed by atoms with Gasteiger partial charge in [0, 0.05) is 24.2 Å². The lowest BCUT2D eigenvalue weighted by Crippen LogP contribution is -2.19. The first-order chi connectivity index (χ1) is 9.43. The highest BCUT2D eigenvalue weighted by molar-refractivity contribution is 5.90. The van der Waals surface area contributed by atoms with Gasteiger partial charge >= 0.3 is 0 Å². The Bertz CT molecular complexity index is 577. The van der Waals surface area contributed by atoms with Gasteiger partial charge in [-0.15, -0.1) is 0 Å². The van der Waals surface area contributed by atoms with Crippen LogP contribution in [0.4, 0.5) is 0 Å². The van der Waals surface area contributed by atoms with Gasteiger partial charge in [-0.1, -0.05) is 26.0 Å². The minimum atomic E-state index is 1.06. The van der Waals surface area contributed by atoms with Crippen molar-refractivity contribution >= 4 is 10.9 Å². The molecule has 0 aliphatic rings. The van der Waals surface area contributed by atoms with Crippen molar-refractivity contribution in [1.82, 2.24) is 9.47 Å². The van der Waals surface area contributed by atoms with Crippen LogP contribution in [0.1, 0.15) is 36.2 Å². The first-order valence-corrected chi connectivity index (χ1v) is 7.63. The molecule has 0 N–H and O–H groups in total. The summed E-state index contributed by atoms with van der Waals surface area (Å²) in [5.74, 6) is 0. The summed E-state index contributed by atoms with van der Waals surface area (Å²) in [4.78, 5) is 2.24. The van der Waals surface area contributed by atoms with Gasteiger partial charge in [-0.2, -0.15) is 0 Å². The zero-order chi connectivity index (χ0) is 15.4. The van der Waals surface area contributed by atoms with Gasteiger partial charge in [0.05, 0.1) is 5.52 Å². The maximum atomic E-state index is 2.48. The molecule has 20 heavy (non-hydrogen) atoms. The highest BCUT2D eigenvalue weighted by atomic mass is 15.1. The quantitative estimate of drug-likeness (QED) is 0.802. The highest BCUT2D eigenvalue weighted by Gasteiger charge is 2.14. The van der Waals surface area contributed by atoms with E-state index in [-0.39, 0.29) is 0 Å². The zero-order valence-corrected chi connectivity index (χ0v) is 14.5. The van der Waals surface area contributed by atoms with Crippen LogP contribution >= 0.6 is 0 Å². The Morgan fingerprint density at radius 2 is 1.50 bits per heavy atom. The summed E-state index contributed by atoms with van der Waals surface area (Å²) in [7, 11) is 4.26. The van der Waals surface area contributed by atoms with E-state index in [0.29, 0.717) is 0 Å². The van der Waals surface area contributed by atoms with Crippen molar-refractivity contribution in [3.05, 3.63) is 34.5 Å². The maximum absolute atomic E-state index is 2.48. The van der Waals surface area contributed by atoms with Crippen molar-refractivity contribution < 1.29 is 0 Å². The zero-order valence-electron chi connectivity index (χ0n) is 14.5. The molecule has 0 saturated carbocycles. The minimum Gasteiger partial charge on any atom is -0.343 e. The normalized spacial score (nSPS) is 10.8. The van der Waals surface area contributed by atoms with E-state index in [1.165, 1.54) is 33.3 Å². The standard InChI is InChI=1S/C16H24N2.C2H6/c1-11-7-8-12(2)16-15(11)13(3)14(4)18(16)10-9-17(5)6;1-2/h7-8H,9-10H2,1-6H3;1-2H3. The fourth-order valence-corrected chi connectivity index (χ4v) is 2.75. The summed E-state index contributed by atoms with van der Waals surface area (Å²) >= 11 is 0. The Hall–Kier alpha value is -1.28.